The largest absolute Gasteiger partial charge is 0.309 e. The van der Waals surface area contributed by atoms with E-state index in [1.807, 2.05) is 0 Å². The van der Waals surface area contributed by atoms with Crippen molar-refractivity contribution in [2.75, 3.05) is 40.3 Å². The van der Waals surface area contributed by atoms with E-state index in [4.69, 9.17) is 0 Å². The molecule has 0 spiro atoms. The predicted molar refractivity (Wildman–Crippen MR) is 76.7 cm³/mol. The van der Waals surface area contributed by atoms with Gasteiger partial charge in [-0.25, -0.2) is 0 Å². The monoisotopic (exact) mass is 250 g/mol. The van der Waals surface area contributed by atoms with Gasteiger partial charge >= 0.3 is 0 Å². The molecular formula is C16H30N2. The number of nitrogens with zero attached hydrogens (tertiary/aromatic N) is 2. The molecule has 1 aliphatic heterocycles. The summed E-state index contributed by atoms with van der Waals surface area (Å²) in [5, 5.41) is 0. The molecule has 0 N–H and O–H groups in total. The number of rotatable bonds is 4. The lowest BCUT2D eigenvalue weighted by Crippen LogP contribution is -2.35. The Labute approximate surface area is 113 Å². The third-order valence-electron chi connectivity index (χ3n) is 5.66. The van der Waals surface area contributed by atoms with E-state index in [1.54, 1.807) is 0 Å². The molecule has 2 nitrogen and oxygen atoms in total. The minimum Gasteiger partial charge on any atom is -0.309 e. The van der Waals surface area contributed by atoms with Crippen molar-refractivity contribution in [3.63, 3.8) is 0 Å². The Bertz CT molecular complexity index is 272. The van der Waals surface area contributed by atoms with Gasteiger partial charge in [-0.15, -0.1) is 0 Å². The van der Waals surface area contributed by atoms with Gasteiger partial charge in [-0.1, -0.05) is 12.8 Å². The van der Waals surface area contributed by atoms with Gasteiger partial charge in [0.1, 0.15) is 0 Å². The first kappa shape index (κ1) is 12.9. The fourth-order valence-corrected chi connectivity index (χ4v) is 4.57. The quantitative estimate of drug-likeness (QED) is 0.757. The summed E-state index contributed by atoms with van der Waals surface area (Å²) in [5.74, 6) is 4.08. The fraction of sp³-hybridized carbons (Fsp3) is 1.00. The highest BCUT2D eigenvalue weighted by atomic mass is 15.2. The molecular weight excluding hydrogens is 220 g/mol. The number of hydrogen-bond donors (Lipinski definition) is 0. The normalized spacial score (nSPS) is 37.8. The third-order valence-corrected chi connectivity index (χ3v) is 5.66. The maximum atomic E-state index is 2.81. The molecule has 2 heteroatoms. The zero-order chi connectivity index (χ0) is 12.5. The van der Waals surface area contributed by atoms with E-state index in [1.165, 1.54) is 64.7 Å². The molecule has 18 heavy (non-hydrogen) atoms. The Morgan fingerprint density at radius 1 is 1.00 bits per heavy atom. The van der Waals surface area contributed by atoms with Crippen LogP contribution < -0.4 is 0 Å². The molecule has 0 aromatic heterocycles. The highest BCUT2D eigenvalue weighted by Crippen LogP contribution is 2.41. The molecule has 0 aromatic rings. The predicted octanol–water partition coefficient (Wildman–Crippen LogP) is 2.70. The lowest BCUT2D eigenvalue weighted by Gasteiger charge is -2.34. The maximum Gasteiger partial charge on any atom is 0.00161 e. The third kappa shape index (κ3) is 2.75. The first-order valence-corrected chi connectivity index (χ1v) is 8.09. The van der Waals surface area contributed by atoms with E-state index >= 15 is 0 Å². The van der Waals surface area contributed by atoms with E-state index < -0.39 is 0 Å². The Morgan fingerprint density at radius 2 is 1.78 bits per heavy atom. The average molecular weight is 250 g/mol. The molecule has 104 valence electrons. The van der Waals surface area contributed by atoms with Gasteiger partial charge in [0.2, 0.25) is 0 Å². The van der Waals surface area contributed by atoms with Crippen LogP contribution in [0.5, 0.6) is 0 Å². The highest BCUT2D eigenvalue weighted by Gasteiger charge is 2.40. The Kier molecular flexibility index (Phi) is 3.95. The standard InChI is InChI=1S/C16H30N2/c1-17(2)10-14-7-4-8-15-11-18(12-16(14)15)9-13-5-3-6-13/h13-16H,3-12H2,1-2H3/t14-,15+,16+/m0/s1. The summed E-state index contributed by atoms with van der Waals surface area (Å²) in [4.78, 5) is 5.22. The number of hydrogen-bond acceptors (Lipinski definition) is 2. The van der Waals surface area contributed by atoms with Gasteiger partial charge in [-0.2, -0.15) is 0 Å². The zero-order valence-electron chi connectivity index (χ0n) is 12.3. The summed E-state index contributed by atoms with van der Waals surface area (Å²) in [6.45, 7) is 5.57. The first-order chi connectivity index (χ1) is 8.72. The summed E-state index contributed by atoms with van der Waals surface area (Å²) in [5.41, 5.74) is 0. The van der Waals surface area contributed by atoms with Crippen molar-refractivity contribution < 1.29 is 0 Å². The molecule has 3 atom stereocenters. The van der Waals surface area contributed by atoms with Crippen LogP contribution in [0.25, 0.3) is 0 Å². The average Bonchev–Trinajstić information content (AvgIpc) is 2.67. The fourth-order valence-electron chi connectivity index (χ4n) is 4.57. The van der Waals surface area contributed by atoms with E-state index in [0.717, 1.165) is 23.7 Å². The van der Waals surface area contributed by atoms with Gasteiger partial charge in [-0.3, -0.25) is 0 Å². The van der Waals surface area contributed by atoms with Crippen molar-refractivity contribution in [3.05, 3.63) is 0 Å². The van der Waals surface area contributed by atoms with Gasteiger partial charge < -0.3 is 9.80 Å². The summed E-state index contributed by atoms with van der Waals surface area (Å²) in [6, 6.07) is 0. The minimum atomic E-state index is 0.977. The van der Waals surface area contributed by atoms with E-state index in [2.05, 4.69) is 23.9 Å². The molecule has 2 aliphatic carbocycles. The molecule has 2 saturated carbocycles. The van der Waals surface area contributed by atoms with Gasteiger partial charge in [0, 0.05) is 26.2 Å². The van der Waals surface area contributed by atoms with Crippen LogP contribution in [0.2, 0.25) is 0 Å². The Morgan fingerprint density at radius 3 is 2.44 bits per heavy atom. The molecule has 3 aliphatic rings. The van der Waals surface area contributed by atoms with Gasteiger partial charge in [0.15, 0.2) is 0 Å². The summed E-state index contributed by atoms with van der Waals surface area (Å²) in [7, 11) is 4.48. The molecule has 0 aromatic carbocycles. The molecule has 3 fully saturated rings. The Balaban J connectivity index is 1.55. The van der Waals surface area contributed by atoms with Crippen LogP contribution in [0, 0.1) is 23.7 Å². The van der Waals surface area contributed by atoms with Crippen molar-refractivity contribution in [2.45, 2.75) is 38.5 Å². The second-order valence-corrected chi connectivity index (χ2v) is 7.39. The molecule has 1 saturated heterocycles. The number of fused-ring (bicyclic) bond motifs is 1. The summed E-state index contributed by atoms with van der Waals surface area (Å²) < 4.78 is 0. The second kappa shape index (κ2) is 5.50. The molecule has 0 radical (unpaired) electrons. The molecule has 3 rings (SSSR count). The molecule has 1 heterocycles. The van der Waals surface area contributed by atoms with E-state index in [0.29, 0.717) is 0 Å². The molecule has 0 amide bonds. The second-order valence-electron chi connectivity index (χ2n) is 7.39. The molecule has 0 bridgehead atoms. The first-order valence-electron chi connectivity index (χ1n) is 8.09. The minimum absolute atomic E-state index is 0.977. The summed E-state index contributed by atoms with van der Waals surface area (Å²) >= 11 is 0. The van der Waals surface area contributed by atoms with Crippen molar-refractivity contribution in [1.29, 1.82) is 0 Å². The van der Waals surface area contributed by atoms with E-state index in [-0.39, 0.29) is 0 Å². The van der Waals surface area contributed by atoms with Crippen LogP contribution in [-0.2, 0) is 0 Å². The SMILES string of the molecule is CN(C)C[C@@H]1CCC[C@@H]2CN(CC3CCC3)C[C@@H]21. The topological polar surface area (TPSA) is 6.48 Å². The van der Waals surface area contributed by atoms with Crippen molar-refractivity contribution >= 4 is 0 Å². The van der Waals surface area contributed by atoms with Crippen molar-refractivity contribution in [2.24, 2.45) is 23.7 Å². The van der Waals surface area contributed by atoms with Crippen molar-refractivity contribution in [3.8, 4) is 0 Å². The van der Waals surface area contributed by atoms with E-state index in [9.17, 15) is 0 Å². The van der Waals surface area contributed by atoms with Crippen LogP contribution in [0.4, 0.5) is 0 Å². The van der Waals surface area contributed by atoms with Crippen LogP contribution in [0.1, 0.15) is 38.5 Å². The van der Waals surface area contributed by atoms with Crippen LogP contribution in [0.15, 0.2) is 0 Å². The van der Waals surface area contributed by atoms with Gasteiger partial charge in [-0.05, 0) is 63.5 Å². The lowest BCUT2D eigenvalue weighted by molar-refractivity contribution is 0.156. The van der Waals surface area contributed by atoms with Crippen LogP contribution >= 0.6 is 0 Å². The highest BCUT2D eigenvalue weighted by molar-refractivity contribution is 4.93. The molecule has 0 unspecified atom stereocenters. The Hall–Kier alpha value is -0.0800. The van der Waals surface area contributed by atoms with Gasteiger partial charge in [0.25, 0.3) is 0 Å². The summed E-state index contributed by atoms with van der Waals surface area (Å²) in [6.07, 6.45) is 8.98. The smallest absolute Gasteiger partial charge is 0.00161 e. The number of likely N-dealkylation sites (tertiary alicyclic amines) is 1. The van der Waals surface area contributed by atoms with Crippen LogP contribution in [-0.4, -0.2) is 50.1 Å². The maximum absolute atomic E-state index is 2.81. The van der Waals surface area contributed by atoms with Crippen LogP contribution in [0.3, 0.4) is 0 Å². The van der Waals surface area contributed by atoms with Gasteiger partial charge in [0.05, 0.1) is 0 Å². The van der Waals surface area contributed by atoms with Crippen molar-refractivity contribution in [1.82, 2.24) is 9.80 Å². The lowest BCUT2D eigenvalue weighted by atomic mass is 9.74. The zero-order valence-corrected chi connectivity index (χ0v) is 12.3.